The summed E-state index contributed by atoms with van der Waals surface area (Å²) in [5.74, 6) is 0.251. The average Bonchev–Trinajstić information content (AvgIpc) is 2.29. The molecule has 0 heterocycles. The van der Waals surface area contributed by atoms with Gasteiger partial charge in [-0.3, -0.25) is 9.69 Å². The number of hydrogen-bond acceptors (Lipinski definition) is 2. The van der Waals surface area contributed by atoms with Crippen molar-refractivity contribution in [3.05, 3.63) is 35.9 Å². The number of carbonyl (C=O) groups is 1. The van der Waals surface area contributed by atoms with E-state index in [9.17, 15) is 4.79 Å². The van der Waals surface area contributed by atoms with Crippen molar-refractivity contribution < 1.29 is 4.79 Å². The Hall–Kier alpha value is -1.15. The van der Waals surface area contributed by atoms with Gasteiger partial charge in [-0.2, -0.15) is 0 Å². The van der Waals surface area contributed by atoms with Crippen molar-refractivity contribution in [2.75, 3.05) is 6.54 Å². The van der Waals surface area contributed by atoms with Crippen LogP contribution < -0.4 is 0 Å². The van der Waals surface area contributed by atoms with Crippen LogP contribution in [0.2, 0.25) is 0 Å². The first-order valence-electron chi connectivity index (χ1n) is 6.62. The summed E-state index contributed by atoms with van der Waals surface area (Å²) in [5, 5.41) is 0. The van der Waals surface area contributed by atoms with Crippen molar-refractivity contribution >= 4 is 5.78 Å². The van der Waals surface area contributed by atoms with Crippen LogP contribution in [0.4, 0.5) is 0 Å². The van der Waals surface area contributed by atoms with E-state index in [1.165, 1.54) is 5.56 Å². The molecule has 0 aromatic heterocycles. The van der Waals surface area contributed by atoms with Crippen molar-refractivity contribution in [2.45, 2.75) is 47.2 Å². The third kappa shape index (κ3) is 4.26. The Morgan fingerprint density at radius 3 is 2.22 bits per heavy atom. The predicted octanol–water partition coefficient (Wildman–Crippen LogP) is 3.51. The SMILES string of the molecule is CC(=O)C(C)(C)CN(Cc1ccccc1)C(C)C. The third-order valence-corrected chi connectivity index (χ3v) is 3.51. The number of carbonyl (C=O) groups excluding carboxylic acids is 1. The number of rotatable bonds is 6. The molecule has 0 unspecified atom stereocenters. The van der Waals surface area contributed by atoms with E-state index in [0.717, 1.165) is 13.1 Å². The van der Waals surface area contributed by atoms with E-state index in [-0.39, 0.29) is 11.2 Å². The molecule has 1 aromatic carbocycles. The molecule has 2 heteroatoms. The van der Waals surface area contributed by atoms with Gasteiger partial charge in [-0.25, -0.2) is 0 Å². The Morgan fingerprint density at radius 2 is 1.78 bits per heavy atom. The monoisotopic (exact) mass is 247 g/mol. The molecule has 0 fully saturated rings. The minimum absolute atomic E-state index is 0.251. The fourth-order valence-electron chi connectivity index (χ4n) is 1.86. The van der Waals surface area contributed by atoms with Gasteiger partial charge in [0.05, 0.1) is 0 Å². The molecule has 1 rings (SSSR count). The van der Waals surface area contributed by atoms with E-state index in [0.29, 0.717) is 6.04 Å². The van der Waals surface area contributed by atoms with Crippen molar-refractivity contribution in [2.24, 2.45) is 5.41 Å². The Kier molecular flexibility index (Phi) is 5.09. The molecule has 0 amide bonds. The summed E-state index contributed by atoms with van der Waals surface area (Å²) >= 11 is 0. The number of Topliss-reactive ketones (excluding diaryl/α,β-unsaturated/α-hetero) is 1. The van der Waals surface area contributed by atoms with Gasteiger partial charge in [-0.1, -0.05) is 44.2 Å². The minimum Gasteiger partial charge on any atom is -0.299 e. The predicted molar refractivity (Wildman–Crippen MR) is 76.5 cm³/mol. The second-order valence-corrected chi connectivity index (χ2v) is 5.92. The molecule has 0 aliphatic carbocycles. The van der Waals surface area contributed by atoms with Crippen LogP contribution in [0, 0.1) is 5.41 Å². The summed E-state index contributed by atoms with van der Waals surface area (Å²) < 4.78 is 0. The van der Waals surface area contributed by atoms with E-state index in [1.807, 2.05) is 19.9 Å². The highest BCUT2D eigenvalue weighted by Crippen LogP contribution is 2.21. The Morgan fingerprint density at radius 1 is 1.22 bits per heavy atom. The topological polar surface area (TPSA) is 20.3 Å². The Labute approximate surface area is 111 Å². The molecule has 0 bridgehead atoms. The first kappa shape index (κ1) is 14.9. The van der Waals surface area contributed by atoms with E-state index in [4.69, 9.17) is 0 Å². The van der Waals surface area contributed by atoms with Crippen LogP contribution in [0.25, 0.3) is 0 Å². The molecule has 0 saturated heterocycles. The summed E-state index contributed by atoms with van der Waals surface area (Å²) in [6.45, 7) is 11.8. The Balaban J connectivity index is 2.76. The molecule has 100 valence electrons. The zero-order chi connectivity index (χ0) is 13.8. The molecule has 18 heavy (non-hydrogen) atoms. The first-order valence-corrected chi connectivity index (χ1v) is 6.62. The number of hydrogen-bond donors (Lipinski definition) is 0. The highest BCUT2D eigenvalue weighted by atomic mass is 16.1. The molecule has 0 N–H and O–H groups in total. The second kappa shape index (κ2) is 6.14. The minimum atomic E-state index is -0.279. The highest BCUT2D eigenvalue weighted by molar-refractivity contribution is 5.81. The smallest absolute Gasteiger partial charge is 0.136 e. The lowest BCUT2D eigenvalue weighted by Crippen LogP contribution is -2.41. The quantitative estimate of drug-likeness (QED) is 0.766. The van der Waals surface area contributed by atoms with E-state index < -0.39 is 0 Å². The van der Waals surface area contributed by atoms with Crippen LogP contribution in [0.1, 0.15) is 40.2 Å². The summed E-state index contributed by atoms with van der Waals surface area (Å²) in [6, 6.07) is 10.9. The molecule has 0 saturated carbocycles. The molecule has 0 spiro atoms. The molecule has 0 aliphatic heterocycles. The number of nitrogens with zero attached hydrogens (tertiary/aromatic N) is 1. The van der Waals surface area contributed by atoms with Crippen LogP contribution in [-0.4, -0.2) is 23.3 Å². The zero-order valence-corrected chi connectivity index (χ0v) is 12.2. The van der Waals surface area contributed by atoms with Crippen molar-refractivity contribution in [1.29, 1.82) is 0 Å². The van der Waals surface area contributed by atoms with E-state index in [2.05, 4.69) is 43.0 Å². The number of benzene rings is 1. The third-order valence-electron chi connectivity index (χ3n) is 3.51. The highest BCUT2D eigenvalue weighted by Gasteiger charge is 2.27. The maximum atomic E-state index is 11.6. The van der Waals surface area contributed by atoms with Gasteiger partial charge in [0, 0.05) is 24.5 Å². The summed E-state index contributed by atoms with van der Waals surface area (Å²) in [5.41, 5.74) is 1.02. The lowest BCUT2D eigenvalue weighted by Gasteiger charge is -2.33. The Bertz CT molecular complexity index is 381. The summed E-state index contributed by atoms with van der Waals surface area (Å²) in [6.07, 6.45) is 0. The fourth-order valence-corrected chi connectivity index (χ4v) is 1.86. The molecule has 0 aliphatic rings. The number of ketones is 1. The molecule has 0 atom stereocenters. The maximum Gasteiger partial charge on any atom is 0.136 e. The normalized spacial score (nSPS) is 12.2. The molecule has 1 aromatic rings. The van der Waals surface area contributed by atoms with Crippen LogP contribution in [0.15, 0.2) is 30.3 Å². The van der Waals surface area contributed by atoms with Gasteiger partial charge in [-0.05, 0) is 26.3 Å². The fraction of sp³-hybridized carbons (Fsp3) is 0.562. The maximum absolute atomic E-state index is 11.6. The van der Waals surface area contributed by atoms with Crippen LogP contribution in [0.3, 0.4) is 0 Å². The van der Waals surface area contributed by atoms with Gasteiger partial charge in [0.15, 0.2) is 0 Å². The molecule has 2 nitrogen and oxygen atoms in total. The summed E-state index contributed by atoms with van der Waals surface area (Å²) in [4.78, 5) is 14.0. The summed E-state index contributed by atoms with van der Waals surface area (Å²) in [7, 11) is 0. The van der Waals surface area contributed by atoms with Gasteiger partial charge in [0.2, 0.25) is 0 Å². The van der Waals surface area contributed by atoms with Crippen molar-refractivity contribution in [3.8, 4) is 0 Å². The lowest BCUT2D eigenvalue weighted by molar-refractivity contribution is -0.126. The molecular formula is C16H25NO. The lowest BCUT2D eigenvalue weighted by atomic mass is 9.88. The largest absolute Gasteiger partial charge is 0.299 e. The van der Waals surface area contributed by atoms with Gasteiger partial charge >= 0.3 is 0 Å². The van der Waals surface area contributed by atoms with Crippen LogP contribution >= 0.6 is 0 Å². The van der Waals surface area contributed by atoms with Gasteiger partial charge in [0.25, 0.3) is 0 Å². The first-order chi connectivity index (χ1) is 8.33. The van der Waals surface area contributed by atoms with E-state index >= 15 is 0 Å². The van der Waals surface area contributed by atoms with Gasteiger partial charge in [-0.15, -0.1) is 0 Å². The molecule has 0 radical (unpaired) electrons. The van der Waals surface area contributed by atoms with Crippen molar-refractivity contribution in [1.82, 2.24) is 4.90 Å². The molecular weight excluding hydrogens is 222 g/mol. The van der Waals surface area contributed by atoms with Gasteiger partial charge in [0.1, 0.15) is 5.78 Å². The average molecular weight is 247 g/mol. The van der Waals surface area contributed by atoms with Crippen LogP contribution in [0.5, 0.6) is 0 Å². The van der Waals surface area contributed by atoms with Crippen LogP contribution in [-0.2, 0) is 11.3 Å². The van der Waals surface area contributed by atoms with Crippen molar-refractivity contribution in [3.63, 3.8) is 0 Å². The second-order valence-electron chi connectivity index (χ2n) is 5.92. The van der Waals surface area contributed by atoms with E-state index in [1.54, 1.807) is 6.92 Å². The zero-order valence-electron chi connectivity index (χ0n) is 12.2. The van der Waals surface area contributed by atoms with Gasteiger partial charge < -0.3 is 0 Å². The standard InChI is InChI=1S/C16H25NO/c1-13(2)17(12-16(4,5)14(3)18)11-15-9-7-6-8-10-15/h6-10,13H,11-12H2,1-5H3.